The number of rotatable bonds is 4. The second kappa shape index (κ2) is 5.39. The monoisotopic (exact) mass is 228 g/mol. The smallest absolute Gasteiger partial charge is 0.127 e. The molecule has 0 heterocycles. The molecule has 0 aromatic heterocycles. The van der Waals surface area contributed by atoms with E-state index in [0.29, 0.717) is 0 Å². The van der Waals surface area contributed by atoms with Crippen LogP contribution in [0.2, 0.25) is 0 Å². The second-order valence-electron chi connectivity index (χ2n) is 3.89. The summed E-state index contributed by atoms with van der Waals surface area (Å²) in [6.07, 6.45) is 0.990. The highest BCUT2D eigenvalue weighted by molar-refractivity contribution is 5.70. The minimum absolute atomic E-state index is 0.278. The molecule has 0 aliphatic rings. The van der Waals surface area contributed by atoms with Gasteiger partial charge in [-0.15, -0.1) is 0 Å². The van der Waals surface area contributed by atoms with E-state index in [1.807, 2.05) is 36.4 Å². The first-order valence-electron chi connectivity index (χ1n) is 5.82. The van der Waals surface area contributed by atoms with Gasteiger partial charge in [-0.2, -0.15) is 0 Å². The molecule has 0 saturated heterocycles. The molecular weight excluding hydrogens is 212 g/mol. The summed E-state index contributed by atoms with van der Waals surface area (Å²) in [5, 5.41) is 9.28. The van der Waals surface area contributed by atoms with E-state index in [9.17, 15) is 5.11 Å². The van der Waals surface area contributed by atoms with Crippen molar-refractivity contribution in [3.05, 3.63) is 48.5 Å². The van der Waals surface area contributed by atoms with Crippen molar-refractivity contribution in [3.63, 3.8) is 0 Å². The Hall–Kier alpha value is -1.96. The van der Waals surface area contributed by atoms with E-state index in [0.717, 1.165) is 29.9 Å². The average molecular weight is 228 g/mol. The number of phenols is 1. The van der Waals surface area contributed by atoms with Crippen molar-refractivity contribution in [1.82, 2.24) is 0 Å². The van der Waals surface area contributed by atoms with E-state index in [1.165, 1.54) is 0 Å². The SMILES string of the molecule is CCCOc1ccccc1-c1ccc(O)cc1. The lowest BCUT2D eigenvalue weighted by Crippen LogP contribution is -1.96. The number of para-hydroxylation sites is 1. The van der Waals surface area contributed by atoms with Gasteiger partial charge in [0.1, 0.15) is 11.5 Å². The van der Waals surface area contributed by atoms with Crippen LogP contribution < -0.4 is 4.74 Å². The van der Waals surface area contributed by atoms with Gasteiger partial charge in [0.05, 0.1) is 6.61 Å². The Morgan fingerprint density at radius 3 is 2.41 bits per heavy atom. The molecule has 0 atom stereocenters. The summed E-state index contributed by atoms with van der Waals surface area (Å²) in [5.74, 6) is 1.17. The molecule has 2 aromatic rings. The van der Waals surface area contributed by atoms with E-state index in [1.54, 1.807) is 12.1 Å². The van der Waals surface area contributed by atoms with Crippen molar-refractivity contribution in [2.75, 3.05) is 6.61 Å². The second-order valence-corrected chi connectivity index (χ2v) is 3.89. The molecule has 0 unspecified atom stereocenters. The van der Waals surface area contributed by atoms with Crippen molar-refractivity contribution in [2.24, 2.45) is 0 Å². The van der Waals surface area contributed by atoms with Crippen molar-refractivity contribution in [2.45, 2.75) is 13.3 Å². The van der Waals surface area contributed by atoms with Crippen molar-refractivity contribution in [3.8, 4) is 22.6 Å². The quantitative estimate of drug-likeness (QED) is 0.861. The third-order valence-corrected chi connectivity index (χ3v) is 2.53. The zero-order valence-corrected chi connectivity index (χ0v) is 9.89. The largest absolute Gasteiger partial charge is 0.508 e. The van der Waals surface area contributed by atoms with Crippen molar-refractivity contribution in [1.29, 1.82) is 0 Å². The van der Waals surface area contributed by atoms with E-state index in [2.05, 4.69) is 6.92 Å². The van der Waals surface area contributed by atoms with E-state index < -0.39 is 0 Å². The highest BCUT2D eigenvalue weighted by Gasteiger charge is 2.05. The fraction of sp³-hybridized carbons (Fsp3) is 0.200. The van der Waals surface area contributed by atoms with Crippen LogP contribution in [0.4, 0.5) is 0 Å². The van der Waals surface area contributed by atoms with Gasteiger partial charge in [-0.05, 0) is 30.2 Å². The number of phenolic OH excluding ortho intramolecular Hbond substituents is 1. The summed E-state index contributed by atoms with van der Waals surface area (Å²) < 4.78 is 5.71. The topological polar surface area (TPSA) is 29.5 Å². The number of ether oxygens (including phenoxy) is 1. The zero-order chi connectivity index (χ0) is 12.1. The summed E-state index contributed by atoms with van der Waals surface area (Å²) >= 11 is 0. The predicted octanol–water partition coefficient (Wildman–Crippen LogP) is 3.85. The van der Waals surface area contributed by atoms with Crippen LogP contribution in [-0.2, 0) is 0 Å². The zero-order valence-electron chi connectivity index (χ0n) is 9.89. The Balaban J connectivity index is 2.33. The molecule has 0 fully saturated rings. The molecule has 2 nitrogen and oxygen atoms in total. The highest BCUT2D eigenvalue weighted by atomic mass is 16.5. The van der Waals surface area contributed by atoms with Gasteiger partial charge in [-0.3, -0.25) is 0 Å². The molecule has 2 rings (SSSR count). The normalized spacial score (nSPS) is 10.2. The molecule has 2 heteroatoms. The van der Waals surface area contributed by atoms with Crippen LogP contribution in [0.5, 0.6) is 11.5 Å². The number of hydrogen-bond acceptors (Lipinski definition) is 2. The fourth-order valence-corrected chi connectivity index (χ4v) is 1.68. The lowest BCUT2D eigenvalue weighted by molar-refractivity contribution is 0.318. The molecule has 1 N–H and O–H groups in total. The molecule has 0 bridgehead atoms. The van der Waals surface area contributed by atoms with Gasteiger partial charge < -0.3 is 9.84 Å². The molecular formula is C15H16O2. The van der Waals surface area contributed by atoms with Gasteiger partial charge >= 0.3 is 0 Å². The Bertz CT molecular complexity index is 475. The molecule has 0 spiro atoms. The average Bonchev–Trinajstić information content (AvgIpc) is 2.38. The van der Waals surface area contributed by atoms with Crippen molar-refractivity contribution < 1.29 is 9.84 Å². The third-order valence-electron chi connectivity index (χ3n) is 2.53. The van der Waals surface area contributed by atoms with Crippen LogP contribution in [0.25, 0.3) is 11.1 Å². The Labute approximate surface area is 101 Å². The summed E-state index contributed by atoms with van der Waals surface area (Å²) in [4.78, 5) is 0. The number of hydrogen-bond donors (Lipinski definition) is 1. The molecule has 88 valence electrons. The maximum absolute atomic E-state index is 9.28. The third kappa shape index (κ3) is 2.78. The standard InChI is InChI=1S/C15H16O2/c1-2-11-17-15-6-4-3-5-14(15)12-7-9-13(16)10-8-12/h3-10,16H,2,11H2,1H3. The van der Waals surface area contributed by atoms with Gasteiger partial charge in [-0.25, -0.2) is 0 Å². The minimum atomic E-state index is 0.278. The van der Waals surface area contributed by atoms with Crippen LogP contribution in [0.15, 0.2) is 48.5 Å². The fourth-order valence-electron chi connectivity index (χ4n) is 1.68. The molecule has 2 aromatic carbocycles. The number of benzene rings is 2. The van der Waals surface area contributed by atoms with E-state index in [-0.39, 0.29) is 5.75 Å². The first kappa shape index (κ1) is 11.5. The summed E-state index contributed by atoms with van der Waals surface area (Å²) in [6, 6.07) is 15.1. The maximum Gasteiger partial charge on any atom is 0.127 e. The molecule has 0 aliphatic carbocycles. The molecule has 0 radical (unpaired) electrons. The number of aromatic hydroxyl groups is 1. The predicted molar refractivity (Wildman–Crippen MR) is 69.3 cm³/mol. The molecule has 0 amide bonds. The summed E-state index contributed by atoms with van der Waals surface area (Å²) in [6.45, 7) is 2.80. The Kier molecular flexibility index (Phi) is 3.66. The van der Waals surface area contributed by atoms with Crippen LogP contribution in [0, 0.1) is 0 Å². The van der Waals surface area contributed by atoms with E-state index in [4.69, 9.17) is 4.74 Å². The Morgan fingerprint density at radius 1 is 1.00 bits per heavy atom. The summed E-state index contributed by atoms with van der Waals surface area (Å²) in [5.41, 5.74) is 2.11. The molecule has 0 aliphatic heterocycles. The lowest BCUT2D eigenvalue weighted by Gasteiger charge is -2.10. The van der Waals surface area contributed by atoms with Gasteiger partial charge in [0.25, 0.3) is 0 Å². The highest BCUT2D eigenvalue weighted by Crippen LogP contribution is 2.30. The van der Waals surface area contributed by atoms with Crippen LogP contribution in [-0.4, -0.2) is 11.7 Å². The van der Waals surface area contributed by atoms with Gasteiger partial charge in [0.2, 0.25) is 0 Å². The first-order chi connectivity index (χ1) is 8.31. The Morgan fingerprint density at radius 2 is 1.71 bits per heavy atom. The van der Waals surface area contributed by atoms with Gasteiger partial charge in [0, 0.05) is 5.56 Å². The van der Waals surface area contributed by atoms with Gasteiger partial charge in [-0.1, -0.05) is 37.3 Å². The minimum Gasteiger partial charge on any atom is -0.508 e. The molecule has 17 heavy (non-hydrogen) atoms. The van der Waals surface area contributed by atoms with Gasteiger partial charge in [0.15, 0.2) is 0 Å². The van der Waals surface area contributed by atoms with Crippen LogP contribution in [0.3, 0.4) is 0 Å². The summed E-state index contributed by atoms with van der Waals surface area (Å²) in [7, 11) is 0. The molecule has 0 saturated carbocycles. The van der Waals surface area contributed by atoms with E-state index >= 15 is 0 Å². The van der Waals surface area contributed by atoms with Crippen molar-refractivity contribution >= 4 is 0 Å². The first-order valence-corrected chi connectivity index (χ1v) is 5.82. The maximum atomic E-state index is 9.28. The lowest BCUT2D eigenvalue weighted by atomic mass is 10.0. The van der Waals surface area contributed by atoms with Crippen LogP contribution >= 0.6 is 0 Å². The van der Waals surface area contributed by atoms with Crippen LogP contribution in [0.1, 0.15) is 13.3 Å².